The van der Waals surface area contributed by atoms with Crippen molar-refractivity contribution < 1.29 is 9.59 Å². The molecule has 0 saturated heterocycles. The molecule has 33 heavy (non-hydrogen) atoms. The van der Waals surface area contributed by atoms with E-state index < -0.39 is 6.04 Å². The Morgan fingerprint density at radius 1 is 0.848 bits per heavy atom. The smallest absolute Gasteiger partial charge is 0.251 e. The van der Waals surface area contributed by atoms with Crippen molar-refractivity contribution in [2.75, 3.05) is 0 Å². The molecule has 0 spiro atoms. The van der Waals surface area contributed by atoms with Gasteiger partial charge in [0.15, 0.2) is 0 Å². The zero-order valence-electron chi connectivity index (χ0n) is 18.3. The van der Waals surface area contributed by atoms with Crippen LogP contribution in [-0.2, 0) is 4.79 Å². The van der Waals surface area contributed by atoms with Crippen LogP contribution in [0.15, 0.2) is 97.6 Å². The molecule has 0 fully saturated rings. The third kappa shape index (κ3) is 5.71. The van der Waals surface area contributed by atoms with Crippen molar-refractivity contribution >= 4 is 11.8 Å². The molecule has 1 aromatic heterocycles. The highest BCUT2D eigenvalue weighted by Gasteiger charge is 2.20. The summed E-state index contributed by atoms with van der Waals surface area (Å²) < 4.78 is 1.67. The predicted molar refractivity (Wildman–Crippen MR) is 126 cm³/mol. The first-order valence-corrected chi connectivity index (χ1v) is 10.8. The molecule has 2 amide bonds. The monoisotopic (exact) mass is 439 g/mol. The molecule has 0 radical (unpaired) electrons. The number of benzene rings is 3. The molecule has 7 nitrogen and oxygen atoms in total. The van der Waals surface area contributed by atoms with Gasteiger partial charge in [-0.25, -0.2) is 9.67 Å². The maximum atomic E-state index is 12.9. The van der Waals surface area contributed by atoms with Crippen LogP contribution in [-0.4, -0.2) is 26.6 Å². The highest BCUT2D eigenvalue weighted by atomic mass is 16.2. The zero-order chi connectivity index (χ0) is 23.0. The fourth-order valence-corrected chi connectivity index (χ4v) is 3.60. The number of rotatable bonds is 8. The Morgan fingerprint density at radius 2 is 1.52 bits per heavy atom. The number of carbonyl (C=O) groups is 2. The van der Waals surface area contributed by atoms with Gasteiger partial charge in [0.1, 0.15) is 12.7 Å². The van der Waals surface area contributed by atoms with Crippen LogP contribution in [0.5, 0.6) is 0 Å². The predicted octanol–water partition coefficient (Wildman–Crippen LogP) is 4.01. The lowest BCUT2D eigenvalue weighted by molar-refractivity contribution is -0.122. The topological polar surface area (TPSA) is 88.9 Å². The van der Waals surface area contributed by atoms with Crippen molar-refractivity contribution in [1.29, 1.82) is 0 Å². The van der Waals surface area contributed by atoms with E-state index >= 15 is 0 Å². The minimum Gasteiger partial charge on any atom is -0.350 e. The van der Waals surface area contributed by atoms with Gasteiger partial charge in [-0.3, -0.25) is 9.59 Å². The van der Waals surface area contributed by atoms with Crippen molar-refractivity contribution in [3.63, 3.8) is 0 Å². The normalized spacial score (nSPS) is 12.5. The molecule has 166 valence electrons. The zero-order valence-corrected chi connectivity index (χ0v) is 18.3. The van der Waals surface area contributed by atoms with Crippen LogP contribution < -0.4 is 10.6 Å². The first-order chi connectivity index (χ1) is 16.1. The van der Waals surface area contributed by atoms with Gasteiger partial charge in [-0.2, -0.15) is 5.10 Å². The summed E-state index contributed by atoms with van der Waals surface area (Å²) >= 11 is 0. The summed E-state index contributed by atoms with van der Waals surface area (Å²) in [5.74, 6) is -0.362. The average molecular weight is 440 g/mol. The molecule has 7 heteroatoms. The van der Waals surface area contributed by atoms with E-state index in [0.29, 0.717) is 5.56 Å². The maximum absolute atomic E-state index is 12.9. The van der Waals surface area contributed by atoms with Crippen LogP contribution in [0.2, 0.25) is 0 Å². The van der Waals surface area contributed by atoms with Crippen LogP contribution in [0.3, 0.4) is 0 Å². The largest absolute Gasteiger partial charge is 0.350 e. The summed E-state index contributed by atoms with van der Waals surface area (Å²) in [4.78, 5) is 29.6. The summed E-state index contributed by atoms with van der Waals surface area (Å²) in [7, 11) is 0. The van der Waals surface area contributed by atoms with Crippen molar-refractivity contribution in [2.24, 2.45) is 0 Å². The number of nitrogens with zero attached hydrogens (tertiary/aromatic N) is 3. The molecule has 0 aliphatic heterocycles. The molecule has 4 aromatic rings. The van der Waals surface area contributed by atoms with Crippen molar-refractivity contribution in [3.05, 3.63) is 114 Å². The van der Waals surface area contributed by atoms with Gasteiger partial charge in [-0.05, 0) is 42.3 Å². The molecule has 0 saturated carbocycles. The second kappa shape index (κ2) is 10.4. The van der Waals surface area contributed by atoms with Crippen LogP contribution in [0, 0.1) is 0 Å². The Kier molecular flexibility index (Phi) is 6.90. The van der Waals surface area contributed by atoms with Crippen LogP contribution >= 0.6 is 0 Å². The Bertz CT molecular complexity index is 1180. The van der Waals surface area contributed by atoms with E-state index in [1.165, 1.54) is 6.33 Å². The molecule has 3 aromatic carbocycles. The van der Waals surface area contributed by atoms with Gasteiger partial charge in [0, 0.05) is 5.56 Å². The van der Waals surface area contributed by atoms with E-state index in [9.17, 15) is 9.59 Å². The first kappa shape index (κ1) is 22.0. The molecule has 2 N–H and O–H groups in total. The number of hydrogen-bond donors (Lipinski definition) is 2. The number of aromatic nitrogens is 3. The summed E-state index contributed by atoms with van der Waals surface area (Å²) in [6, 6.07) is 25.6. The summed E-state index contributed by atoms with van der Waals surface area (Å²) in [6.45, 7) is 1.93. The van der Waals surface area contributed by atoms with Crippen LogP contribution in [0.1, 0.15) is 46.9 Å². The Hall–Kier alpha value is -4.26. The molecular formula is C26H25N5O2. The van der Waals surface area contributed by atoms with Gasteiger partial charge in [-0.15, -0.1) is 0 Å². The average Bonchev–Trinajstić information content (AvgIpc) is 3.40. The van der Waals surface area contributed by atoms with E-state index in [1.54, 1.807) is 23.1 Å². The molecule has 0 bridgehead atoms. The van der Waals surface area contributed by atoms with Crippen molar-refractivity contribution in [2.45, 2.75) is 25.4 Å². The summed E-state index contributed by atoms with van der Waals surface area (Å²) in [5, 5.41) is 10.2. The fraction of sp³-hybridized carbons (Fsp3) is 0.154. The Balaban J connectivity index is 1.42. The van der Waals surface area contributed by atoms with E-state index in [4.69, 9.17) is 0 Å². The molecule has 2 unspecified atom stereocenters. The number of carbonyl (C=O) groups excluding carboxylic acids is 2. The lowest BCUT2D eigenvalue weighted by Crippen LogP contribution is -2.34. The third-order valence-electron chi connectivity index (χ3n) is 5.39. The van der Waals surface area contributed by atoms with Gasteiger partial charge in [0.25, 0.3) is 5.91 Å². The molecule has 2 atom stereocenters. The summed E-state index contributed by atoms with van der Waals surface area (Å²) in [6.07, 6.45) is 3.24. The third-order valence-corrected chi connectivity index (χ3v) is 5.39. The maximum Gasteiger partial charge on any atom is 0.251 e. The van der Waals surface area contributed by atoms with Gasteiger partial charge >= 0.3 is 0 Å². The van der Waals surface area contributed by atoms with Gasteiger partial charge < -0.3 is 10.6 Å². The van der Waals surface area contributed by atoms with Crippen LogP contribution in [0.25, 0.3) is 5.69 Å². The van der Waals surface area contributed by atoms with Gasteiger partial charge in [-0.1, -0.05) is 60.7 Å². The Labute approximate surface area is 192 Å². The Morgan fingerprint density at radius 3 is 2.15 bits per heavy atom. The lowest BCUT2D eigenvalue weighted by Gasteiger charge is -2.21. The quantitative estimate of drug-likeness (QED) is 0.434. The van der Waals surface area contributed by atoms with Gasteiger partial charge in [0.05, 0.1) is 24.2 Å². The van der Waals surface area contributed by atoms with Crippen molar-refractivity contribution in [3.8, 4) is 5.69 Å². The minimum atomic E-state index is -0.444. The molecule has 4 rings (SSSR count). The highest BCUT2D eigenvalue weighted by Crippen LogP contribution is 2.20. The van der Waals surface area contributed by atoms with E-state index in [2.05, 4.69) is 20.7 Å². The SMILES string of the molecule is CC(NC(=O)CC(NC(=O)c1ccccc1)c1ccccc1)c1ccc(-n2cncn2)cc1. The van der Waals surface area contributed by atoms with E-state index in [-0.39, 0.29) is 24.3 Å². The second-order valence-corrected chi connectivity index (χ2v) is 7.73. The highest BCUT2D eigenvalue weighted by molar-refractivity contribution is 5.94. The number of nitrogens with one attached hydrogen (secondary N) is 2. The van der Waals surface area contributed by atoms with E-state index in [0.717, 1.165) is 16.8 Å². The van der Waals surface area contributed by atoms with E-state index in [1.807, 2.05) is 79.7 Å². The molecule has 0 aliphatic carbocycles. The van der Waals surface area contributed by atoms with Crippen LogP contribution in [0.4, 0.5) is 0 Å². The summed E-state index contributed by atoms with van der Waals surface area (Å²) in [5.41, 5.74) is 3.29. The minimum absolute atomic E-state index is 0.129. The number of amides is 2. The standard InChI is InChI=1S/C26H25N5O2/c1-19(20-12-14-23(15-13-20)31-18-27-17-28-31)29-25(32)16-24(21-8-4-2-5-9-21)30-26(33)22-10-6-3-7-11-22/h2-15,17-19,24H,16H2,1H3,(H,29,32)(H,30,33). The number of hydrogen-bond acceptors (Lipinski definition) is 4. The fourth-order valence-electron chi connectivity index (χ4n) is 3.60. The molecule has 0 aliphatic rings. The van der Waals surface area contributed by atoms with Gasteiger partial charge in [0.2, 0.25) is 5.91 Å². The lowest BCUT2D eigenvalue weighted by atomic mass is 10.0. The molecule has 1 heterocycles. The second-order valence-electron chi connectivity index (χ2n) is 7.73. The van der Waals surface area contributed by atoms with Crippen molar-refractivity contribution in [1.82, 2.24) is 25.4 Å². The molecular weight excluding hydrogens is 414 g/mol. The first-order valence-electron chi connectivity index (χ1n) is 10.8.